The topological polar surface area (TPSA) is 45.2 Å². The van der Waals surface area contributed by atoms with Crippen LogP contribution in [-0.2, 0) is 6.42 Å². The molecule has 1 N–H and O–H groups in total. The maximum atomic E-state index is 12.8. The zero-order valence-corrected chi connectivity index (χ0v) is 15.3. The van der Waals surface area contributed by atoms with Gasteiger partial charge in [0.25, 0.3) is 0 Å². The molecule has 2 heterocycles. The number of amides is 2. The number of benzene rings is 1. The Morgan fingerprint density at radius 3 is 2.92 bits per heavy atom. The van der Waals surface area contributed by atoms with Crippen molar-refractivity contribution >= 4 is 6.03 Å². The number of fused-ring (bicyclic) bond motifs is 1. The summed E-state index contributed by atoms with van der Waals surface area (Å²) in [5.41, 5.74) is 4.87. The van der Waals surface area contributed by atoms with Gasteiger partial charge in [-0.1, -0.05) is 43.7 Å². The van der Waals surface area contributed by atoms with Crippen molar-refractivity contribution in [3.05, 3.63) is 65.0 Å². The summed E-state index contributed by atoms with van der Waals surface area (Å²) in [7, 11) is 0. The molecule has 0 fully saturated rings. The average Bonchev–Trinajstić information content (AvgIpc) is 2.60. The van der Waals surface area contributed by atoms with Crippen LogP contribution in [0.2, 0.25) is 0 Å². The van der Waals surface area contributed by atoms with E-state index in [9.17, 15) is 4.79 Å². The highest BCUT2D eigenvalue weighted by molar-refractivity contribution is 5.76. The third kappa shape index (κ3) is 4.01. The highest BCUT2D eigenvalue weighted by Crippen LogP contribution is 2.35. The first-order chi connectivity index (χ1) is 12.1. The van der Waals surface area contributed by atoms with Crippen molar-refractivity contribution in [2.75, 3.05) is 13.1 Å². The Bertz CT molecular complexity index is 727. The summed E-state index contributed by atoms with van der Waals surface area (Å²) in [6.45, 7) is 7.90. The zero-order chi connectivity index (χ0) is 17.8. The number of pyridine rings is 1. The second-order valence-corrected chi connectivity index (χ2v) is 7.25. The van der Waals surface area contributed by atoms with E-state index < -0.39 is 0 Å². The molecule has 1 atom stereocenters. The number of rotatable bonds is 4. The SMILES string of the molecule is Cc1ccc2c(c1)CCN(C(=O)NCCC(C)C)C2c1cccnc1. The van der Waals surface area contributed by atoms with Crippen molar-refractivity contribution in [2.24, 2.45) is 5.92 Å². The van der Waals surface area contributed by atoms with Crippen LogP contribution in [0, 0.1) is 12.8 Å². The molecule has 3 rings (SSSR count). The first kappa shape index (κ1) is 17.5. The predicted molar refractivity (Wildman–Crippen MR) is 101 cm³/mol. The predicted octanol–water partition coefficient (Wildman–Crippen LogP) is 4.09. The molecular formula is C21H27N3O. The van der Waals surface area contributed by atoms with Gasteiger partial charge in [0.05, 0.1) is 6.04 Å². The number of aromatic nitrogens is 1. The Morgan fingerprint density at radius 1 is 1.36 bits per heavy atom. The van der Waals surface area contributed by atoms with Gasteiger partial charge in [-0.2, -0.15) is 0 Å². The van der Waals surface area contributed by atoms with Crippen LogP contribution in [0.15, 0.2) is 42.7 Å². The number of nitrogens with zero attached hydrogens (tertiary/aromatic N) is 2. The van der Waals surface area contributed by atoms with E-state index >= 15 is 0 Å². The Hall–Kier alpha value is -2.36. The Balaban J connectivity index is 1.89. The molecule has 0 spiro atoms. The molecule has 0 aliphatic carbocycles. The van der Waals surface area contributed by atoms with Crippen molar-refractivity contribution in [3.8, 4) is 0 Å². The van der Waals surface area contributed by atoms with Crippen LogP contribution in [0.3, 0.4) is 0 Å². The molecule has 1 aromatic heterocycles. The minimum absolute atomic E-state index is 0.0146. The lowest BCUT2D eigenvalue weighted by Gasteiger charge is -2.37. The number of aryl methyl sites for hydroxylation is 1. The maximum Gasteiger partial charge on any atom is 0.318 e. The molecular weight excluding hydrogens is 310 g/mol. The fraction of sp³-hybridized carbons (Fsp3) is 0.429. The summed E-state index contributed by atoms with van der Waals surface area (Å²) >= 11 is 0. The van der Waals surface area contributed by atoms with E-state index in [1.165, 1.54) is 16.7 Å². The van der Waals surface area contributed by atoms with Crippen molar-refractivity contribution in [1.29, 1.82) is 0 Å². The first-order valence-electron chi connectivity index (χ1n) is 9.10. The van der Waals surface area contributed by atoms with Crippen molar-refractivity contribution in [3.63, 3.8) is 0 Å². The second kappa shape index (κ2) is 7.68. The van der Waals surface area contributed by atoms with Crippen molar-refractivity contribution < 1.29 is 4.79 Å². The molecule has 25 heavy (non-hydrogen) atoms. The zero-order valence-electron chi connectivity index (χ0n) is 15.3. The summed E-state index contributed by atoms with van der Waals surface area (Å²) in [4.78, 5) is 19.1. The van der Waals surface area contributed by atoms with E-state index in [4.69, 9.17) is 0 Å². The minimum atomic E-state index is -0.0721. The van der Waals surface area contributed by atoms with Crippen LogP contribution < -0.4 is 5.32 Å². The molecule has 4 heteroatoms. The molecule has 0 saturated heterocycles. The van der Waals surface area contributed by atoms with Gasteiger partial charge in [-0.15, -0.1) is 0 Å². The van der Waals surface area contributed by atoms with Crippen LogP contribution in [0.25, 0.3) is 0 Å². The van der Waals surface area contributed by atoms with E-state index in [-0.39, 0.29) is 12.1 Å². The highest BCUT2D eigenvalue weighted by Gasteiger charge is 2.32. The van der Waals surface area contributed by atoms with E-state index in [2.05, 4.69) is 55.3 Å². The van der Waals surface area contributed by atoms with Crippen LogP contribution in [-0.4, -0.2) is 29.0 Å². The Labute approximate surface area is 150 Å². The molecule has 1 aliphatic heterocycles. The van der Waals surface area contributed by atoms with Gasteiger partial charge in [0.15, 0.2) is 0 Å². The number of urea groups is 1. The van der Waals surface area contributed by atoms with Crippen LogP contribution in [0.1, 0.15) is 48.6 Å². The molecule has 1 unspecified atom stereocenters. The van der Waals surface area contributed by atoms with Gasteiger partial charge >= 0.3 is 6.03 Å². The van der Waals surface area contributed by atoms with E-state index in [0.717, 1.165) is 24.9 Å². The van der Waals surface area contributed by atoms with Gasteiger partial charge in [-0.25, -0.2) is 4.79 Å². The fourth-order valence-corrected chi connectivity index (χ4v) is 3.44. The minimum Gasteiger partial charge on any atom is -0.338 e. The smallest absolute Gasteiger partial charge is 0.318 e. The monoisotopic (exact) mass is 337 g/mol. The molecule has 4 nitrogen and oxygen atoms in total. The van der Waals surface area contributed by atoms with Gasteiger partial charge in [-0.05, 0) is 48.4 Å². The summed E-state index contributed by atoms with van der Waals surface area (Å²) in [5, 5.41) is 3.09. The number of carbonyl (C=O) groups is 1. The maximum absolute atomic E-state index is 12.8. The summed E-state index contributed by atoms with van der Waals surface area (Å²) in [6, 6.07) is 10.5. The molecule has 2 aromatic rings. The second-order valence-electron chi connectivity index (χ2n) is 7.25. The van der Waals surface area contributed by atoms with Crippen LogP contribution in [0.5, 0.6) is 0 Å². The molecule has 1 aromatic carbocycles. The molecule has 0 bridgehead atoms. The molecule has 0 saturated carbocycles. The number of nitrogens with one attached hydrogen (secondary N) is 1. The lowest BCUT2D eigenvalue weighted by Crippen LogP contribution is -2.46. The lowest BCUT2D eigenvalue weighted by molar-refractivity contribution is 0.179. The molecule has 2 amide bonds. The normalized spacial score (nSPS) is 16.6. The first-order valence-corrected chi connectivity index (χ1v) is 9.10. The van der Waals surface area contributed by atoms with Crippen molar-refractivity contribution in [1.82, 2.24) is 15.2 Å². The van der Waals surface area contributed by atoms with E-state index in [1.54, 1.807) is 6.20 Å². The molecule has 1 aliphatic rings. The standard InChI is InChI=1S/C21H27N3O/c1-15(2)8-11-23-21(25)24-12-9-17-13-16(3)6-7-19(17)20(24)18-5-4-10-22-14-18/h4-7,10,13-15,20H,8-9,11-12H2,1-3H3,(H,23,25). The lowest BCUT2D eigenvalue weighted by atomic mass is 9.88. The van der Waals surface area contributed by atoms with Gasteiger partial charge in [0, 0.05) is 25.5 Å². The molecule has 132 valence electrons. The number of hydrogen-bond donors (Lipinski definition) is 1. The quantitative estimate of drug-likeness (QED) is 0.913. The van der Waals surface area contributed by atoms with Gasteiger partial charge in [0.1, 0.15) is 0 Å². The summed E-state index contributed by atoms with van der Waals surface area (Å²) < 4.78 is 0. The summed E-state index contributed by atoms with van der Waals surface area (Å²) in [6.07, 6.45) is 5.53. The number of hydrogen-bond acceptors (Lipinski definition) is 2. The van der Waals surface area contributed by atoms with Crippen LogP contribution in [0.4, 0.5) is 4.79 Å². The largest absolute Gasteiger partial charge is 0.338 e. The van der Waals surface area contributed by atoms with E-state index in [1.807, 2.05) is 17.2 Å². The van der Waals surface area contributed by atoms with Gasteiger partial charge < -0.3 is 10.2 Å². The number of carbonyl (C=O) groups excluding carboxylic acids is 1. The van der Waals surface area contributed by atoms with Crippen molar-refractivity contribution in [2.45, 2.75) is 39.7 Å². The highest BCUT2D eigenvalue weighted by atomic mass is 16.2. The van der Waals surface area contributed by atoms with Crippen LogP contribution >= 0.6 is 0 Å². The van der Waals surface area contributed by atoms with E-state index in [0.29, 0.717) is 12.5 Å². The van der Waals surface area contributed by atoms with Gasteiger partial charge in [0.2, 0.25) is 0 Å². The average molecular weight is 337 g/mol. The third-order valence-corrected chi connectivity index (χ3v) is 4.79. The third-order valence-electron chi connectivity index (χ3n) is 4.79. The Morgan fingerprint density at radius 2 is 2.20 bits per heavy atom. The molecule has 0 radical (unpaired) electrons. The fourth-order valence-electron chi connectivity index (χ4n) is 3.44. The Kier molecular flexibility index (Phi) is 5.37. The van der Waals surface area contributed by atoms with Gasteiger partial charge in [-0.3, -0.25) is 4.98 Å². The summed E-state index contributed by atoms with van der Waals surface area (Å²) in [5.74, 6) is 0.583.